The second kappa shape index (κ2) is 39.7. The first-order valence-electron chi connectivity index (χ1n) is 32.5. The number of fused-ring (bicyclic) bond motifs is 1. The number of benzene rings is 2. The van der Waals surface area contributed by atoms with Gasteiger partial charge in [-0.1, -0.05) is 151 Å². The predicted molar refractivity (Wildman–Crippen MR) is 378 cm³/mol. The van der Waals surface area contributed by atoms with Gasteiger partial charge in [-0.2, -0.15) is 0 Å². The molecule has 3 aromatic rings. The number of ether oxygens (including phenoxy) is 1. The van der Waals surface area contributed by atoms with Crippen LogP contribution in [0.15, 0.2) is 60.8 Å². The number of Topliss-reactive ketones (excluding diaryl/α,β-unsaturated/α-hetero) is 3. The quantitative estimate of drug-likeness (QED) is 0.0170. The third-order valence-electron chi connectivity index (χ3n) is 15.9. The summed E-state index contributed by atoms with van der Waals surface area (Å²) in [6.07, 6.45) is 4.55. The third-order valence-corrected chi connectivity index (χ3v) is 23.6. The lowest BCUT2D eigenvalue weighted by atomic mass is 9.89. The van der Waals surface area contributed by atoms with Crippen molar-refractivity contribution >= 4 is 130 Å². The summed E-state index contributed by atoms with van der Waals surface area (Å²) in [6, 6.07) is 10.4. The van der Waals surface area contributed by atoms with Crippen molar-refractivity contribution < 1.29 is 57.5 Å². The van der Waals surface area contributed by atoms with Crippen molar-refractivity contribution in [2.45, 2.75) is 196 Å². The highest BCUT2D eigenvalue weighted by atomic mass is 33.1. The number of rotatable bonds is 41. The zero-order chi connectivity index (χ0) is 69.1. The summed E-state index contributed by atoms with van der Waals surface area (Å²) in [4.78, 5) is 162. The van der Waals surface area contributed by atoms with Crippen LogP contribution in [0.4, 0.5) is 0 Å². The summed E-state index contributed by atoms with van der Waals surface area (Å²) in [5.41, 5.74) is 20.1. The minimum Gasteiger partial charge on any atom is -0.456 e. The molecule has 0 aliphatic carbocycles. The van der Waals surface area contributed by atoms with Gasteiger partial charge in [0.1, 0.15) is 30.8 Å². The molecule has 0 saturated carbocycles. The van der Waals surface area contributed by atoms with Gasteiger partial charge in [-0.25, -0.2) is 4.79 Å². The van der Waals surface area contributed by atoms with Crippen molar-refractivity contribution in [2.75, 3.05) is 58.4 Å². The van der Waals surface area contributed by atoms with Crippen LogP contribution in [0.2, 0.25) is 0 Å². The van der Waals surface area contributed by atoms with Crippen LogP contribution in [-0.2, 0) is 69.7 Å². The molecule has 0 bridgehead atoms. The summed E-state index contributed by atoms with van der Waals surface area (Å²) in [5, 5.41) is 9.08. The molecule has 8 atom stereocenters. The number of nitrogens with two attached hydrogens (primary N) is 3. The molecule has 2 saturated heterocycles. The fourth-order valence-corrected chi connectivity index (χ4v) is 16.7. The average Bonchev–Trinajstić information content (AvgIpc) is 1.13. The molecule has 2 fully saturated rings. The van der Waals surface area contributed by atoms with Crippen LogP contribution in [0.5, 0.6) is 0 Å². The highest BCUT2D eigenvalue weighted by Gasteiger charge is 2.42. The zero-order valence-corrected chi connectivity index (χ0v) is 60.0. The number of para-hydroxylation sites is 1. The molecule has 5 rings (SSSR count). The number of H-pyrrole nitrogens is 1. The number of aromatic amines is 1. The highest BCUT2D eigenvalue weighted by molar-refractivity contribution is 8.77. The molecular weight excluding hydrogens is 1300 g/mol. The van der Waals surface area contributed by atoms with E-state index in [0.717, 1.165) is 46.8 Å². The van der Waals surface area contributed by atoms with Gasteiger partial charge in [0.15, 0.2) is 22.5 Å². The summed E-state index contributed by atoms with van der Waals surface area (Å²) < 4.78 is 5.36. The van der Waals surface area contributed by atoms with Crippen LogP contribution in [0.3, 0.4) is 0 Å². The molecule has 27 heteroatoms. The van der Waals surface area contributed by atoms with Crippen LogP contribution < -0.4 is 33.2 Å². The number of esters is 1. The topological polar surface area (TPSA) is 337 Å². The fraction of sp³-hybridized carbons (Fsp3) is 0.627. The molecule has 0 radical (unpaired) electrons. The number of carbonyl (C=O) groups excluding carboxylic acids is 11. The van der Waals surface area contributed by atoms with Crippen molar-refractivity contribution in [1.29, 1.82) is 0 Å². The van der Waals surface area contributed by atoms with Gasteiger partial charge < -0.3 is 57.6 Å². The lowest BCUT2D eigenvalue weighted by molar-refractivity contribution is -0.156. The Labute approximate surface area is 574 Å². The van der Waals surface area contributed by atoms with Gasteiger partial charge in [-0.3, -0.25) is 47.9 Å². The number of unbranched alkanes of at least 4 members (excludes halogenated alkanes) is 2. The number of ketones is 3. The maximum Gasteiger partial charge on any atom is 0.329 e. The monoisotopic (exact) mass is 1400 g/mol. The van der Waals surface area contributed by atoms with Crippen molar-refractivity contribution in [3.05, 3.63) is 71.9 Å². The number of hydrogen-bond donors (Lipinski definition) is 7. The van der Waals surface area contributed by atoms with Gasteiger partial charge in [-0.05, 0) is 109 Å². The van der Waals surface area contributed by atoms with E-state index in [1.165, 1.54) is 42.2 Å². The van der Waals surface area contributed by atoms with E-state index in [2.05, 4.69) is 41.7 Å². The van der Waals surface area contributed by atoms with E-state index in [1.807, 2.05) is 94.4 Å². The Bertz CT molecular complexity index is 3030. The Balaban J connectivity index is 1.32. The largest absolute Gasteiger partial charge is 0.456 e. The van der Waals surface area contributed by atoms with Gasteiger partial charge in [0.25, 0.3) is 0 Å². The van der Waals surface area contributed by atoms with Crippen LogP contribution in [0.1, 0.15) is 149 Å². The lowest BCUT2D eigenvalue weighted by Crippen LogP contribution is -2.54. The fourth-order valence-electron chi connectivity index (χ4n) is 11.0. The molecule has 2 aliphatic heterocycles. The van der Waals surface area contributed by atoms with Gasteiger partial charge in [0.2, 0.25) is 35.4 Å². The van der Waals surface area contributed by atoms with Crippen LogP contribution >= 0.6 is 54.9 Å². The van der Waals surface area contributed by atoms with Crippen molar-refractivity contribution in [3.63, 3.8) is 0 Å². The number of primary amides is 1. The number of aromatic nitrogens is 1. The molecule has 10 N–H and O–H groups in total. The minimum absolute atomic E-state index is 0.0326. The molecule has 2 aromatic carbocycles. The van der Waals surface area contributed by atoms with E-state index in [0.29, 0.717) is 56.6 Å². The third kappa shape index (κ3) is 27.6. The Kier molecular flexibility index (Phi) is 33.5. The second-order valence-corrected chi connectivity index (χ2v) is 33.8. The Morgan fingerprint density at radius 2 is 1.29 bits per heavy atom. The first-order valence-corrected chi connectivity index (χ1v) is 38.2. The van der Waals surface area contributed by atoms with Gasteiger partial charge >= 0.3 is 5.97 Å². The van der Waals surface area contributed by atoms with E-state index < -0.39 is 121 Å². The molecule has 3 heterocycles. The van der Waals surface area contributed by atoms with E-state index in [-0.39, 0.29) is 84.2 Å². The molecule has 0 unspecified atom stereocenters. The maximum absolute atomic E-state index is 15.1. The van der Waals surface area contributed by atoms with E-state index in [9.17, 15) is 43.2 Å². The van der Waals surface area contributed by atoms with Crippen molar-refractivity contribution in [2.24, 2.45) is 29.0 Å². The van der Waals surface area contributed by atoms with Crippen molar-refractivity contribution in [1.82, 2.24) is 35.6 Å². The predicted octanol–water partition coefficient (Wildman–Crippen LogP) is 7.07. The Hall–Kier alpha value is -5.42. The van der Waals surface area contributed by atoms with Crippen LogP contribution in [0.25, 0.3) is 10.9 Å². The molecular formula is C67H100N10O12S5. The number of amides is 6. The molecule has 0 spiro atoms. The number of nitrogens with one attached hydrogen (secondary N) is 4. The van der Waals surface area contributed by atoms with Crippen molar-refractivity contribution in [3.8, 4) is 0 Å². The molecule has 520 valence electrons. The van der Waals surface area contributed by atoms with Crippen LogP contribution in [0, 0.1) is 11.8 Å². The maximum atomic E-state index is 15.1. The summed E-state index contributed by atoms with van der Waals surface area (Å²) in [7, 11) is 9.86. The molecule has 22 nitrogen and oxygen atoms in total. The zero-order valence-electron chi connectivity index (χ0n) is 55.9. The smallest absolute Gasteiger partial charge is 0.329 e. The van der Waals surface area contributed by atoms with Gasteiger partial charge in [0, 0.05) is 101 Å². The minimum atomic E-state index is -1.38. The Morgan fingerprint density at radius 1 is 0.681 bits per heavy atom. The van der Waals surface area contributed by atoms with E-state index in [1.54, 1.807) is 17.0 Å². The number of likely N-dealkylation sites (tertiary alicyclic amines) is 2. The number of nitrogens with zero attached hydrogens (tertiary/aromatic N) is 3. The normalized spacial score (nSPS) is 17.0. The first kappa shape index (κ1) is 79.3. The molecule has 6 amide bonds. The summed E-state index contributed by atoms with van der Waals surface area (Å²) >= 11 is 0.981. The number of hydrogen-bond acceptors (Lipinski definition) is 20. The lowest BCUT2D eigenvalue weighted by Gasteiger charge is -2.30. The summed E-state index contributed by atoms with van der Waals surface area (Å²) in [5.74, 6) is -7.15. The average molecular weight is 1400 g/mol. The number of thioether (sulfide) groups is 1. The standard InChI is InChI=1S/C67H100N10O12S5/c1-66(2,3)93-91-41-49(69)56(79)28-29-58(81)72-51(25-15-17-31-75(7)8)57(80)36-45(34-46-38-71-50-24-13-12-23-48(46)50)62(85)74-53(42-92-94-67(4,5)6)64(87)77-33-19-27-55(77)65(88)89-39-47(78)35-44(22-14-16-30-68)61(84)73-52(63(86)76-32-18-26-54(76)60(70)83)37-59(82)90-40-43-20-10-9-11-21-43/h9-13,20-21,23-24,38,44-45,49,51-55,71H,14-19,22,25-37,39-42,68-69H2,1-8H3,(H2,70,83)(H,72,81)(H,73,84)(H,74,85)/t44-,45-,49+,51+,52+,53+,54+,55+/m1/s1. The second-order valence-electron chi connectivity index (χ2n) is 26.5. The van der Waals surface area contributed by atoms with Gasteiger partial charge in [-0.15, -0.1) is 0 Å². The van der Waals surface area contributed by atoms with E-state index >= 15 is 9.59 Å². The highest BCUT2D eigenvalue weighted by Crippen LogP contribution is 2.37. The van der Waals surface area contributed by atoms with E-state index in [4.69, 9.17) is 21.9 Å². The number of carbonyl (C=O) groups is 11. The van der Waals surface area contributed by atoms with Gasteiger partial charge in [0.05, 0.1) is 12.1 Å². The Morgan fingerprint density at radius 3 is 1.95 bits per heavy atom. The molecule has 1 aromatic heterocycles. The summed E-state index contributed by atoms with van der Waals surface area (Å²) in [6.45, 7) is 12.8. The molecule has 94 heavy (non-hydrogen) atoms. The SMILES string of the molecule is CN(C)CCCC[C@H](NC(=O)CCC(=O)[C@@H](N)CSSC(C)(C)C)C(=O)C[C@@H](Cc1c[nH]c2ccccc12)C(=O)N[C@@H](CSSC(C)(C)C)C(=O)N1CCC[C@H]1C(=O)OCC(=O)C[C@@H](CCCCN)C(=O)N[C@@H](CC(=O)SCc1ccccc1)C(=O)N1CCC[C@H]1C(N)=O. The van der Waals surface area contributed by atoms with Crippen LogP contribution in [-0.4, -0.2) is 188 Å². The molecule has 2 aliphatic rings. The first-order chi connectivity index (χ1) is 44.5.